The molecule has 0 unspecified atom stereocenters. The fraction of sp³-hybridized carbons (Fsp3) is 0.333. The van der Waals surface area contributed by atoms with Crippen LogP contribution in [0, 0.1) is 6.92 Å². The van der Waals surface area contributed by atoms with E-state index in [0.29, 0.717) is 36.1 Å². The lowest BCUT2D eigenvalue weighted by atomic mass is 9.99. The highest BCUT2D eigenvalue weighted by atomic mass is 32.1. The van der Waals surface area contributed by atoms with Crippen molar-refractivity contribution in [3.63, 3.8) is 0 Å². The van der Waals surface area contributed by atoms with Gasteiger partial charge >= 0.3 is 6.03 Å². The van der Waals surface area contributed by atoms with Gasteiger partial charge in [-0.15, -0.1) is 10.2 Å². The van der Waals surface area contributed by atoms with Gasteiger partial charge in [0.2, 0.25) is 5.01 Å². The Labute approximate surface area is 197 Å². The number of anilines is 2. The standard InChI is InChI=1S/C24H27N5O3S/c1-3-32-20-13-7-6-12-19(20)26-24(31)29-14-8-10-17(15-29)22-27-28-23(33-22)21(30)25-18-11-5-4-9-16(18)2/h4-7,9,11-13,17H,3,8,10,14-15H2,1-2H3,(H,25,30)(H,26,31)/t17-/m0/s1. The van der Waals surface area contributed by atoms with Crippen LogP contribution in [0.3, 0.4) is 0 Å². The smallest absolute Gasteiger partial charge is 0.321 e. The van der Waals surface area contributed by atoms with E-state index >= 15 is 0 Å². The van der Waals surface area contributed by atoms with Gasteiger partial charge in [-0.05, 0) is 50.5 Å². The molecule has 1 fully saturated rings. The second-order valence-corrected chi connectivity index (χ2v) is 8.87. The van der Waals surface area contributed by atoms with E-state index in [1.807, 2.05) is 62.4 Å². The molecule has 0 bridgehead atoms. The number of piperidine rings is 1. The summed E-state index contributed by atoms with van der Waals surface area (Å²) in [5, 5.41) is 15.3. The zero-order valence-electron chi connectivity index (χ0n) is 18.7. The third kappa shape index (κ3) is 5.48. The Morgan fingerprint density at radius 1 is 1.09 bits per heavy atom. The Hall–Kier alpha value is -3.46. The number of carbonyl (C=O) groups is 2. The van der Waals surface area contributed by atoms with Crippen LogP contribution in [0.5, 0.6) is 5.75 Å². The second-order valence-electron chi connectivity index (χ2n) is 7.86. The van der Waals surface area contributed by atoms with Gasteiger partial charge in [-0.1, -0.05) is 41.7 Å². The highest BCUT2D eigenvalue weighted by molar-refractivity contribution is 7.13. The van der Waals surface area contributed by atoms with E-state index in [1.165, 1.54) is 11.3 Å². The molecule has 0 spiro atoms. The molecule has 4 rings (SSSR count). The number of benzene rings is 2. The first kappa shape index (κ1) is 22.7. The Balaban J connectivity index is 1.40. The molecule has 0 radical (unpaired) electrons. The molecule has 1 aliphatic rings. The molecule has 33 heavy (non-hydrogen) atoms. The first-order valence-electron chi connectivity index (χ1n) is 11.0. The summed E-state index contributed by atoms with van der Waals surface area (Å²) in [6.07, 6.45) is 1.75. The highest BCUT2D eigenvalue weighted by Gasteiger charge is 2.28. The van der Waals surface area contributed by atoms with Gasteiger partial charge in [-0.2, -0.15) is 0 Å². The monoisotopic (exact) mass is 465 g/mol. The first-order valence-corrected chi connectivity index (χ1v) is 11.8. The van der Waals surface area contributed by atoms with E-state index in [4.69, 9.17) is 4.74 Å². The van der Waals surface area contributed by atoms with Crippen LogP contribution in [-0.2, 0) is 0 Å². The number of nitrogens with one attached hydrogen (secondary N) is 2. The van der Waals surface area contributed by atoms with Crippen molar-refractivity contribution in [1.29, 1.82) is 0 Å². The maximum Gasteiger partial charge on any atom is 0.321 e. The van der Waals surface area contributed by atoms with Gasteiger partial charge in [0, 0.05) is 24.7 Å². The summed E-state index contributed by atoms with van der Waals surface area (Å²) in [6.45, 7) is 5.56. The predicted molar refractivity (Wildman–Crippen MR) is 129 cm³/mol. The van der Waals surface area contributed by atoms with E-state index in [-0.39, 0.29) is 17.9 Å². The molecule has 2 heterocycles. The Kier molecular flexibility index (Phi) is 7.19. The third-order valence-electron chi connectivity index (χ3n) is 5.51. The second kappa shape index (κ2) is 10.4. The molecule has 2 aromatic carbocycles. The summed E-state index contributed by atoms with van der Waals surface area (Å²) in [7, 11) is 0. The number of aryl methyl sites for hydroxylation is 1. The lowest BCUT2D eigenvalue weighted by molar-refractivity contribution is 0.102. The zero-order valence-corrected chi connectivity index (χ0v) is 19.5. The average Bonchev–Trinajstić information content (AvgIpc) is 3.33. The molecule has 1 saturated heterocycles. The normalized spacial score (nSPS) is 15.7. The van der Waals surface area contributed by atoms with Gasteiger partial charge in [0.05, 0.1) is 12.3 Å². The molecule has 1 aromatic heterocycles. The number of hydrogen-bond donors (Lipinski definition) is 2. The molecular weight excluding hydrogens is 438 g/mol. The minimum atomic E-state index is -0.272. The number of hydrogen-bond acceptors (Lipinski definition) is 6. The molecule has 3 aromatic rings. The molecule has 9 heteroatoms. The number of carbonyl (C=O) groups excluding carboxylic acids is 2. The van der Waals surface area contributed by atoms with Crippen molar-refractivity contribution in [2.75, 3.05) is 30.3 Å². The Bertz CT molecular complexity index is 1130. The van der Waals surface area contributed by atoms with E-state index in [1.54, 1.807) is 4.90 Å². The summed E-state index contributed by atoms with van der Waals surface area (Å²) in [5.74, 6) is 0.422. The van der Waals surface area contributed by atoms with Gasteiger partial charge in [0.25, 0.3) is 5.91 Å². The van der Waals surface area contributed by atoms with Gasteiger partial charge in [0.1, 0.15) is 10.8 Å². The van der Waals surface area contributed by atoms with Crippen molar-refractivity contribution in [1.82, 2.24) is 15.1 Å². The number of aromatic nitrogens is 2. The molecule has 2 N–H and O–H groups in total. The summed E-state index contributed by atoms with van der Waals surface area (Å²) in [5.41, 5.74) is 2.39. The molecule has 3 amide bonds. The largest absolute Gasteiger partial charge is 0.492 e. The van der Waals surface area contributed by atoms with Crippen LogP contribution >= 0.6 is 11.3 Å². The van der Waals surface area contributed by atoms with Crippen LogP contribution in [0.1, 0.15) is 46.1 Å². The highest BCUT2D eigenvalue weighted by Crippen LogP contribution is 2.31. The zero-order chi connectivity index (χ0) is 23.2. The van der Waals surface area contributed by atoms with Gasteiger partial charge in [-0.3, -0.25) is 4.79 Å². The molecular formula is C24H27N5O3S. The molecule has 0 saturated carbocycles. The fourth-order valence-corrected chi connectivity index (χ4v) is 4.65. The lowest BCUT2D eigenvalue weighted by Gasteiger charge is -2.31. The minimum Gasteiger partial charge on any atom is -0.492 e. The number of nitrogens with zero attached hydrogens (tertiary/aromatic N) is 3. The molecule has 1 aliphatic heterocycles. The van der Waals surface area contributed by atoms with Crippen LogP contribution < -0.4 is 15.4 Å². The molecule has 172 valence electrons. The Morgan fingerprint density at radius 3 is 2.64 bits per heavy atom. The summed E-state index contributed by atoms with van der Waals surface area (Å²) in [4.78, 5) is 27.3. The summed E-state index contributed by atoms with van der Waals surface area (Å²) in [6, 6.07) is 14.8. The SMILES string of the molecule is CCOc1ccccc1NC(=O)N1CCC[C@H](c2nnc(C(=O)Nc3ccccc3C)s2)C1. The lowest BCUT2D eigenvalue weighted by Crippen LogP contribution is -2.41. The topological polar surface area (TPSA) is 96.4 Å². The van der Waals surface area contributed by atoms with Crippen molar-refractivity contribution in [3.05, 3.63) is 64.1 Å². The molecule has 1 atom stereocenters. The number of likely N-dealkylation sites (tertiary alicyclic amines) is 1. The number of ether oxygens (including phenoxy) is 1. The van der Waals surface area contributed by atoms with Crippen molar-refractivity contribution in [3.8, 4) is 5.75 Å². The molecule has 0 aliphatic carbocycles. The van der Waals surface area contributed by atoms with Gasteiger partial charge in [-0.25, -0.2) is 4.79 Å². The van der Waals surface area contributed by atoms with Crippen molar-refractivity contribution in [2.45, 2.75) is 32.6 Å². The van der Waals surface area contributed by atoms with Crippen LogP contribution in [0.25, 0.3) is 0 Å². The van der Waals surface area contributed by atoms with E-state index in [9.17, 15) is 9.59 Å². The summed E-state index contributed by atoms with van der Waals surface area (Å²) >= 11 is 1.29. The van der Waals surface area contributed by atoms with Gasteiger partial charge in [0.15, 0.2) is 0 Å². The summed E-state index contributed by atoms with van der Waals surface area (Å²) < 4.78 is 5.60. The molecule has 8 nitrogen and oxygen atoms in total. The fourth-order valence-electron chi connectivity index (χ4n) is 3.79. The van der Waals surface area contributed by atoms with Crippen LogP contribution in [0.15, 0.2) is 48.5 Å². The predicted octanol–water partition coefficient (Wildman–Crippen LogP) is 4.91. The van der Waals surface area contributed by atoms with Crippen molar-refractivity contribution >= 4 is 34.6 Å². The maximum absolute atomic E-state index is 12.9. The van der Waals surface area contributed by atoms with Crippen molar-refractivity contribution < 1.29 is 14.3 Å². The minimum absolute atomic E-state index is 0.0455. The quantitative estimate of drug-likeness (QED) is 0.539. The Morgan fingerprint density at radius 2 is 1.85 bits per heavy atom. The third-order valence-corrected chi connectivity index (χ3v) is 6.60. The maximum atomic E-state index is 12.9. The first-order chi connectivity index (χ1) is 16.0. The number of amides is 3. The van der Waals surface area contributed by atoms with E-state index in [0.717, 1.165) is 29.1 Å². The average molecular weight is 466 g/mol. The van der Waals surface area contributed by atoms with Crippen LogP contribution in [0.2, 0.25) is 0 Å². The van der Waals surface area contributed by atoms with Crippen LogP contribution in [0.4, 0.5) is 16.2 Å². The van der Waals surface area contributed by atoms with E-state index < -0.39 is 0 Å². The van der Waals surface area contributed by atoms with Crippen LogP contribution in [-0.4, -0.2) is 46.7 Å². The van der Waals surface area contributed by atoms with Crippen molar-refractivity contribution in [2.24, 2.45) is 0 Å². The number of urea groups is 1. The number of rotatable bonds is 6. The number of para-hydroxylation sites is 3. The van der Waals surface area contributed by atoms with E-state index in [2.05, 4.69) is 20.8 Å². The van der Waals surface area contributed by atoms with Gasteiger partial charge < -0.3 is 20.3 Å².